The van der Waals surface area contributed by atoms with E-state index >= 15 is 0 Å². The van der Waals surface area contributed by atoms with Gasteiger partial charge in [-0.3, -0.25) is 0 Å². The smallest absolute Gasteiger partial charge is 0.407 e. The first-order valence-corrected chi connectivity index (χ1v) is 10.0. The number of thiazole rings is 1. The summed E-state index contributed by atoms with van der Waals surface area (Å²) in [5, 5.41) is 13.3. The summed E-state index contributed by atoms with van der Waals surface area (Å²) in [5.41, 5.74) is 1.00. The number of carbonyl (C=O) groups is 2. The lowest BCUT2D eigenvalue weighted by molar-refractivity contribution is 0.0697. The average Bonchev–Trinajstić information content (AvgIpc) is 3.11. The second kappa shape index (κ2) is 8.52. The summed E-state index contributed by atoms with van der Waals surface area (Å²) >= 11 is 1.56. The predicted molar refractivity (Wildman–Crippen MR) is 104 cm³/mol. The van der Waals surface area contributed by atoms with Gasteiger partial charge >= 0.3 is 12.1 Å². The Bertz CT molecular complexity index is 810. The zero-order valence-electron chi connectivity index (χ0n) is 15.5. The summed E-state index contributed by atoms with van der Waals surface area (Å²) in [5.74, 6) is -0.583. The summed E-state index contributed by atoms with van der Waals surface area (Å²) in [7, 11) is 0. The van der Waals surface area contributed by atoms with Gasteiger partial charge in [-0.15, -0.1) is 11.3 Å². The van der Waals surface area contributed by atoms with Crippen molar-refractivity contribution in [3.8, 4) is 10.4 Å². The Morgan fingerprint density at radius 2 is 1.93 bits per heavy atom. The highest BCUT2D eigenvalue weighted by Gasteiger charge is 2.26. The number of ether oxygens (including phenoxy) is 1. The van der Waals surface area contributed by atoms with Gasteiger partial charge in [0.1, 0.15) is 0 Å². The Balaban J connectivity index is 1.62. The van der Waals surface area contributed by atoms with E-state index in [-0.39, 0.29) is 18.2 Å². The van der Waals surface area contributed by atoms with Gasteiger partial charge in [0, 0.05) is 23.7 Å². The number of alkyl carbamates (subject to hydrolysis) is 1. The monoisotopic (exact) mass is 388 g/mol. The predicted octanol–water partition coefficient (Wildman–Crippen LogP) is 4.67. The Kier molecular flexibility index (Phi) is 6.11. The van der Waals surface area contributed by atoms with E-state index in [4.69, 9.17) is 4.74 Å². The molecule has 2 aromatic rings. The topological polar surface area (TPSA) is 88.5 Å². The van der Waals surface area contributed by atoms with Crippen LogP contribution in [-0.4, -0.2) is 34.3 Å². The number of nitrogens with one attached hydrogen (secondary N) is 1. The van der Waals surface area contributed by atoms with Crippen molar-refractivity contribution < 1.29 is 19.4 Å². The summed E-state index contributed by atoms with van der Waals surface area (Å²) in [4.78, 5) is 28.6. The number of nitrogens with zero attached hydrogens (tertiary/aromatic N) is 1. The van der Waals surface area contributed by atoms with Crippen LogP contribution >= 0.6 is 11.3 Å². The molecule has 0 radical (unpaired) electrons. The van der Waals surface area contributed by atoms with Crippen LogP contribution in [0.3, 0.4) is 0 Å². The summed E-state index contributed by atoms with van der Waals surface area (Å²) in [6.07, 6.45) is 4.96. The first-order chi connectivity index (χ1) is 12.9. The number of aromatic carboxylic acids is 1. The molecule has 1 aromatic heterocycles. The molecule has 1 heterocycles. The minimum absolute atomic E-state index is 0.122. The second-order valence-electron chi connectivity index (χ2n) is 7.06. The van der Waals surface area contributed by atoms with Gasteiger partial charge in [-0.05, 0) is 45.6 Å². The van der Waals surface area contributed by atoms with E-state index in [1.807, 2.05) is 26.0 Å². The van der Waals surface area contributed by atoms with E-state index in [0.29, 0.717) is 17.0 Å². The fourth-order valence-electron chi connectivity index (χ4n) is 3.38. The molecule has 1 aromatic carbocycles. The van der Waals surface area contributed by atoms with Crippen LogP contribution in [0.1, 0.15) is 60.8 Å². The number of carboxylic acid groups (broad SMARTS) is 1. The summed E-state index contributed by atoms with van der Waals surface area (Å²) in [6.45, 7) is 3.66. The molecule has 0 spiro atoms. The highest BCUT2D eigenvalue weighted by Crippen LogP contribution is 2.38. The van der Waals surface area contributed by atoms with E-state index < -0.39 is 5.97 Å². The highest BCUT2D eigenvalue weighted by molar-refractivity contribution is 7.15. The normalized spacial score (nSPS) is 19.7. The molecule has 0 aliphatic heterocycles. The minimum Gasteiger partial charge on any atom is -0.478 e. The average molecular weight is 388 g/mol. The van der Waals surface area contributed by atoms with Crippen LogP contribution in [-0.2, 0) is 4.74 Å². The van der Waals surface area contributed by atoms with Gasteiger partial charge in [-0.25, -0.2) is 14.6 Å². The molecule has 0 saturated heterocycles. The Labute approximate surface area is 162 Å². The third kappa shape index (κ3) is 4.86. The maximum absolute atomic E-state index is 11.7. The Morgan fingerprint density at radius 1 is 1.22 bits per heavy atom. The largest absolute Gasteiger partial charge is 0.478 e. The summed E-state index contributed by atoms with van der Waals surface area (Å²) in [6, 6.07) is 7.15. The molecule has 3 rings (SSSR count). The third-order valence-electron chi connectivity index (χ3n) is 4.69. The molecule has 2 N–H and O–H groups in total. The number of hydrogen-bond acceptors (Lipinski definition) is 5. The fourth-order valence-corrected chi connectivity index (χ4v) is 4.51. The maximum atomic E-state index is 11.7. The van der Waals surface area contributed by atoms with E-state index in [9.17, 15) is 14.7 Å². The van der Waals surface area contributed by atoms with Crippen LogP contribution in [0.2, 0.25) is 0 Å². The van der Waals surface area contributed by atoms with Gasteiger partial charge in [0.25, 0.3) is 0 Å². The van der Waals surface area contributed by atoms with Crippen molar-refractivity contribution in [2.75, 3.05) is 0 Å². The van der Waals surface area contributed by atoms with Gasteiger partial charge in [0.2, 0.25) is 0 Å². The van der Waals surface area contributed by atoms with E-state index in [1.165, 1.54) is 0 Å². The van der Waals surface area contributed by atoms with Gasteiger partial charge in [0.15, 0.2) is 0 Å². The molecule has 6 nitrogen and oxygen atoms in total. The van der Waals surface area contributed by atoms with Gasteiger partial charge < -0.3 is 15.2 Å². The van der Waals surface area contributed by atoms with Gasteiger partial charge in [-0.2, -0.15) is 0 Å². The number of amides is 1. The fraction of sp³-hybridized carbons (Fsp3) is 0.450. The van der Waals surface area contributed by atoms with E-state index in [0.717, 1.165) is 35.6 Å². The SMILES string of the molecule is CC(C)OC(=O)NC1CCC(c2ncc(-c3ccccc3C(=O)O)s2)CC1. The lowest BCUT2D eigenvalue weighted by Crippen LogP contribution is -2.38. The number of carboxylic acids is 1. The number of aromatic nitrogens is 1. The highest BCUT2D eigenvalue weighted by atomic mass is 32.1. The number of rotatable bonds is 5. The molecule has 1 fully saturated rings. The second-order valence-corrected chi connectivity index (χ2v) is 8.12. The lowest BCUT2D eigenvalue weighted by atomic mass is 9.86. The minimum atomic E-state index is -0.930. The lowest BCUT2D eigenvalue weighted by Gasteiger charge is -2.28. The molecule has 7 heteroatoms. The quantitative estimate of drug-likeness (QED) is 0.777. The van der Waals surface area contributed by atoms with Crippen molar-refractivity contribution in [1.82, 2.24) is 10.3 Å². The van der Waals surface area contributed by atoms with Crippen LogP contribution in [0, 0.1) is 0 Å². The van der Waals surface area contributed by atoms with Crippen LogP contribution in [0.5, 0.6) is 0 Å². The first kappa shape index (κ1) is 19.4. The van der Waals surface area contributed by atoms with Crippen LogP contribution in [0.25, 0.3) is 10.4 Å². The van der Waals surface area contributed by atoms with Gasteiger partial charge in [0.05, 0.1) is 21.6 Å². The number of carbonyl (C=O) groups excluding carboxylic acids is 1. The first-order valence-electron chi connectivity index (χ1n) is 9.19. The van der Waals surface area contributed by atoms with Crippen molar-refractivity contribution in [2.24, 2.45) is 0 Å². The van der Waals surface area contributed by atoms with Crippen LogP contribution in [0.4, 0.5) is 4.79 Å². The third-order valence-corrected chi connectivity index (χ3v) is 5.88. The molecule has 1 aliphatic rings. The Morgan fingerprint density at radius 3 is 2.59 bits per heavy atom. The Hall–Kier alpha value is -2.41. The van der Waals surface area contributed by atoms with Crippen LogP contribution < -0.4 is 5.32 Å². The molecular weight excluding hydrogens is 364 g/mol. The van der Waals surface area contributed by atoms with Crippen molar-refractivity contribution in [3.05, 3.63) is 41.0 Å². The van der Waals surface area contributed by atoms with Gasteiger partial charge in [-0.1, -0.05) is 18.2 Å². The van der Waals surface area contributed by atoms with Crippen molar-refractivity contribution >= 4 is 23.4 Å². The molecule has 0 atom stereocenters. The van der Waals surface area contributed by atoms with E-state index in [1.54, 1.807) is 29.7 Å². The molecule has 1 amide bonds. The molecule has 144 valence electrons. The maximum Gasteiger partial charge on any atom is 0.407 e. The van der Waals surface area contributed by atoms with Crippen molar-refractivity contribution in [3.63, 3.8) is 0 Å². The molecule has 0 bridgehead atoms. The number of benzene rings is 1. The summed E-state index contributed by atoms with van der Waals surface area (Å²) < 4.78 is 5.14. The number of hydrogen-bond donors (Lipinski definition) is 2. The molecule has 1 aliphatic carbocycles. The van der Waals surface area contributed by atoms with E-state index in [2.05, 4.69) is 10.3 Å². The van der Waals surface area contributed by atoms with Crippen LogP contribution in [0.15, 0.2) is 30.5 Å². The molecule has 1 saturated carbocycles. The standard InChI is InChI=1S/C20H24N2O4S/c1-12(2)26-20(25)22-14-9-7-13(8-10-14)18-21-11-17(27-18)15-5-3-4-6-16(15)19(23)24/h3-6,11-14H,7-10H2,1-2H3,(H,22,25)(H,23,24). The zero-order valence-corrected chi connectivity index (χ0v) is 16.3. The van der Waals surface area contributed by atoms with Crippen molar-refractivity contribution in [2.45, 2.75) is 57.6 Å². The molecular formula is C20H24N2O4S. The zero-order chi connectivity index (χ0) is 19.4. The molecule has 0 unspecified atom stereocenters. The molecule has 27 heavy (non-hydrogen) atoms. The van der Waals surface area contributed by atoms with Crippen molar-refractivity contribution in [1.29, 1.82) is 0 Å².